The molecule has 2 rings (SSSR count). The minimum absolute atomic E-state index is 0.682. The molecule has 6 heteroatoms. The summed E-state index contributed by atoms with van der Waals surface area (Å²) in [4.78, 5) is 0. The summed E-state index contributed by atoms with van der Waals surface area (Å²) in [6.45, 7) is 6.36. The summed E-state index contributed by atoms with van der Waals surface area (Å²) in [6.07, 6.45) is 21.1. The lowest BCUT2D eigenvalue weighted by Gasteiger charge is -2.16. The maximum absolute atomic E-state index is 5.59. The van der Waals surface area contributed by atoms with Crippen molar-refractivity contribution in [1.82, 2.24) is 10.6 Å². The van der Waals surface area contributed by atoms with Crippen molar-refractivity contribution in [1.29, 1.82) is 0 Å². The Morgan fingerprint density at radius 2 is 0.842 bits per heavy atom. The molecule has 0 spiro atoms. The molecule has 0 aliphatic heterocycles. The van der Waals surface area contributed by atoms with E-state index < -0.39 is 0 Å². The van der Waals surface area contributed by atoms with Crippen molar-refractivity contribution in [2.75, 3.05) is 23.7 Å². The molecular weight excluding hydrogens is 505 g/mol. The number of benzene rings is 2. The number of thiocarbonyl (C=S) groups is 2. The molecule has 0 aromatic heterocycles. The van der Waals surface area contributed by atoms with Gasteiger partial charge in [-0.15, -0.1) is 0 Å². The Hall–Kier alpha value is -1.92. The Morgan fingerprint density at radius 3 is 1.21 bits per heavy atom. The van der Waals surface area contributed by atoms with E-state index in [4.69, 9.17) is 24.4 Å². The molecule has 0 aliphatic rings. The molecule has 0 heterocycles. The zero-order valence-electron chi connectivity index (χ0n) is 24.0. The monoisotopic (exact) mass is 556 g/mol. The maximum atomic E-state index is 5.59. The molecule has 0 saturated carbocycles. The molecule has 0 radical (unpaired) electrons. The molecule has 0 aliphatic carbocycles. The van der Waals surface area contributed by atoms with Crippen LogP contribution in [0.2, 0.25) is 0 Å². The average Bonchev–Trinajstić information content (AvgIpc) is 2.92. The molecule has 0 bridgehead atoms. The summed E-state index contributed by atoms with van der Waals surface area (Å²) in [5, 5.41) is 17.2. The smallest absolute Gasteiger partial charge is 0.170 e. The number of hydrogen-bond donors (Lipinski definition) is 4. The summed E-state index contributed by atoms with van der Waals surface area (Å²) in [5.74, 6) is 0. The SMILES string of the molecule is CCCCCCCCCCNC(=S)Nc1cccc2c(NC(=S)NCCCCCCCCCC)cccc12. The number of fused-ring (bicyclic) bond motifs is 1. The van der Waals surface area contributed by atoms with Crippen molar-refractivity contribution < 1.29 is 0 Å². The fourth-order valence-corrected chi connectivity index (χ4v) is 5.21. The molecule has 2 aromatic rings. The Kier molecular flexibility index (Phi) is 17.8. The lowest BCUT2D eigenvalue weighted by molar-refractivity contribution is 0.573. The van der Waals surface area contributed by atoms with Crippen LogP contribution in [0.15, 0.2) is 36.4 Å². The van der Waals surface area contributed by atoms with Crippen LogP contribution in [0, 0.1) is 0 Å². The highest BCUT2D eigenvalue weighted by Gasteiger charge is 2.08. The molecule has 0 fully saturated rings. The predicted molar refractivity (Wildman–Crippen MR) is 178 cm³/mol. The first-order chi connectivity index (χ1) is 18.7. The van der Waals surface area contributed by atoms with Gasteiger partial charge in [0.25, 0.3) is 0 Å². The maximum Gasteiger partial charge on any atom is 0.170 e. The molecule has 0 unspecified atom stereocenters. The number of unbranched alkanes of at least 4 members (excludes halogenated alkanes) is 14. The average molecular weight is 557 g/mol. The van der Waals surface area contributed by atoms with Crippen LogP contribution in [0.5, 0.6) is 0 Å². The third-order valence-electron chi connectivity index (χ3n) is 7.05. The van der Waals surface area contributed by atoms with Crippen molar-refractivity contribution in [3.63, 3.8) is 0 Å². The van der Waals surface area contributed by atoms with E-state index >= 15 is 0 Å². The first kappa shape index (κ1) is 32.3. The second kappa shape index (κ2) is 21.0. The minimum Gasteiger partial charge on any atom is -0.362 e. The van der Waals surface area contributed by atoms with Crippen molar-refractivity contribution in [2.45, 2.75) is 117 Å². The first-order valence-corrected chi connectivity index (χ1v) is 16.1. The lowest BCUT2D eigenvalue weighted by atomic mass is 10.1. The van der Waals surface area contributed by atoms with Crippen LogP contribution < -0.4 is 21.3 Å². The molecule has 38 heavy (non-hydrogen) atoms. The van der Waals surface area contributed by atoms with E-state index in [2.05, 4.69) is 71.5 Å². The lowest BCUT2D eigenvalue weighted by Crippen LogP contribution is -2.29. The van der Waals surface area contributed by atoms with Gasteiger partial charge < -0.3 is 21.3 Å². The Labute approximate surface area is 243 Å². The van der Waals surface area contributed by atoms with Gasteiger partial charge in [0.05, 0.1) is 0 Å². The van der Waals surface area contributed by atoms with Crippen molar-refractivity contribution in [2.24, 2.45) is 0 Å². The highest BCUT2D eigenvalue weighted by Crippen LogP contribution is 2.29. The van der Waals surface area contributed by atoms with Crippen LogP contribution in [0.3, 0.4) is 0 Å². The van der Waals surface area contributed by atoms with Gasteiger partial charge in [0.1, 0.15) is 0 Å². The van der Waals surface area contributed by atoms with Crippen LogP contribution in [0.25, 0.3) is 10.8 Å². The largest absolute Gasteiger partial charge is 0.362 e. The van der Waals surface area contributed by atoms with E-state index in [9.17, 15) is 0 Å². The molecule has 4 nitrogen and oxygen atoms in total. The number of anilines is 2. The standard InChI is InChI=1S/C32H52N4S2/c1-3-5-7-9-11-13-15-17-25-33-31(37)35-29-23-19-22-28-27(29)21-20-24-30(28)36-32(38)34-26-18-16-14-12-10-8-6-4-2/h19-24H,3-18,25-26H2,1-2H3,(H2,33,35,37)(H2,34,36,38). The molecular formula is C32H52N4S2. The summed E-state index contributed by atoms with van der Waals surface area (Å²) in [5.41, 5.74) is 2.02. The zero-order chi connectivity index (χ0) is 27.3. The molecule has 2 aromatic carbocycles. The fourth-order valence-electron chi connectivity index (χ4n) is 4.78. The Bertz CT molecular complexity index is 856. The van der Waals surface area contributed by atoms with Gasteiger partial charge in [0, 0.05) is 35.2 Å². The summed E-state index contributed by atoms with van der Waals surface area (Å²) < 4.78 is 0. The first-order valence-electron chi connectivity index (χ1n) is 15.3. The van der Waals surface area contributed by atoms with Gasteiger partial charge in [-0.2, -0.15) is 0 Å². The quantitative estimate of drug-likeness (QED) is 0.0962. The van der Waals surface area contributed by atoms with E-state index in [1.165, 1.54) is 89.9 Å². The van der Waals surface area contributed by atoms with Gasteiger partial charge >= 0.3 is 0 Å². The summed E-state index contributed by atoms with van der Waals surface area (Å²) in [7, 11) is 0. The van der Waals surface area contributed by atoms with Crippen LogP contribution in [0.1, 0.15) is 117 Å². The van der Waals surface area contributed by atoms with E-state index in [0.29, 0.717) is 10.2 Å². The van der Waals surface area contributed by atoms with Gasteiger partial charge in [0.2, 0.25) is 0 Å². The highest BCUT2D eigenvalue weighted by atomic mass is 32.1. The van der Waals surface area contributed by atoms with Crippen molar-refractivity contribution in [3.8, 4) is 0 Å². The van der Waals surface area contributed by atoms with Crippen LogP contribution in [0.4, 0.5) is 11.4 Å². The van der Waals surface area contributed by atoms with Crippen LogP contribution in [-0.4, -0.2) is 23.3 Å². The van der Waals surface area contributed by atoms with Crippen LogP contribution >= 0.6 is 24.4 Å². The van der Waals surface area contributed by atoms with E-state index in [-0.39, 0.29) is 0 Å². The van der Waals surface area contributed by atoms with Gasteiger partial charge in [0.15, 0.2) is 10.2 Å². The number of nitrogens with one attached hydrogen (secondary N) is 4. The van der Waals surface area contributed by atoms with Gasteiger partial charge in [-0.25, -0.2) is 0 Å². The third-order valence-corrected chi connectivity index (χ3v) is 7.54. The Morgan fingerprint density at radius 1 is 0.500 bits per heavy atom. The molecule has 0 saturated heterocycles. The van der Waals surface area contributed by atoms with Crippen LogP contribution in [-0.2, 0) is 0 Å². The normalized spacial score (nSPS) is 10.9. The second-order valence-corrected chi connectivity index (χ2v) is 11.2. The molecule has 0 atom stereocenters. The topological polar surface area (TPSA) is 48.1 Å². The van der Waals surface area contributed by atoms with E-state index in [0.717, 1.165) is 48.1 Å². The fraction of sp³-hybridized carbons (Fsp3) is 0.625. The van der Waals surface area contributed by atoms with E-state index in [1.807, 2.05) is 0 Å². The van der Waals surface area contributed by atoms with Gasteiger partial charge in [-0.3, -0.25) is 0 Å². The molecule has 212 valence electrons. The van der Waals surface area contributed by atoms with Gasteiger partial charge in [-0.05, 0) is 49.4 Å². The Balaban J connectivity index is 1.72. The minimum atomic E-state index is 0.682. The summed E-state index contributed by atoms with van der Waals surface area (Å²) in [6, 6.07) is 12.5. The highest BCUT2D eigenvalue weighted by molar-refractivity contribution is 7.80. The second-order valence-electron chi connectivity index (χ2n) is 10.4. The third kappa shape index (κ3) is 13.7. The number of rotatable bonds is 20. The van der Waals surface area contributed by atoms with Gasteiger partial charge in [-0.1, -0.05) is 128 Å². The van der Waals surface area contributed by atoms with Crippen molar-refractivity contribution in [3.05, 3.63) is 36.4 Å². The predicted octanol–water partition coefficient (Wildman–Crippen LogP) is 9.69. The zero-order valence-corrected chi connectivity index (χ0v) is 25.6. The summed E-state index contributed by atoms with van der Waals surface area (Å²) >= 11 is 11.2. The van der Waals surface area contributed by atoms with Crippen molar-refractivity contribution >= 4 is 56.8 Å². The van der Waals surface area contributed by atoms with E-state index in [1.54, 1.807) is 0 Å². The molecule has 0 amide bonds. The molecule has 4 N–H and O–H groups in total. The number of hydrogen-bond acceptors (Lipinski definition) is 2.